The molecule has 2 heterocycles. The van der Waals surface area contributed by atoms with Crippen LogP contribution in [0.4, 0.5) is 0 Å². The van der Waals surface area contributed by atoms with Crippen molar-refractivity contribution in [2.75, 3.05) is 46.3 Å². The Labute approximate surface area is 123 Å². The molecule has 1 unspecified atom stereocenters. The number of hydrogen-bond acceptors (Lipinski definition) is 4. The third-order valence-electron chi connectivity index (χ3n) is 4.07. The SMILES string of the molecule is CCCCN(C)C(CN1CCNCC1)c1ccccn1. The van der Waals surface area contributed by atoms with Gasteiger partial charge in [0, 0.05) is 38.9 Å². The van der Waals surface area contributed by atoms with Gasteiger partial charge in [-0.05, 0) is 32.1 Å². The van der Waals surface area contributed by atoms with Crippen LogP contribution < -0.4 is 5.32 Å². The van der Waals surface area contributed by atoms with Crippen molar-refractivity contribution in [3.05, 3.63) is 30.1 Å². The zero-order valence-corrected chi connectivity index (χ0v) is 12.9. The van der Waals surface area contributed by atoms with Crippen molar-refractivity contribution in [1.29, 1.82) is 0 Å². The number of rotatable bonds is 7. The highest BCUT2D eigenvalue weighted by molar-refractivity contribution is 5.09. The molecule has 1 atom stereocenters. The fourth-order valence-electron chi connectivity index (χ4n) is 2.73. The summed E-state index contributed by atoms with van der Waals surface area (Å²) in [5, 5.41) is 3.42. The molecule has 0 amide bonds. The first-order valence-electron chi connectivity index (χ1n) is 7.85. The zero-order chi connectivity index (χ0) is 14.2. The molecule has 1 aliphatic rings. The third kappa shape index (κ3) is 4.54. The molecule has 0 bridgehead atoms. The lowest BCUT2D eigenvalue weighted by Crippen LogP contribution is -2.47. The molecule has 1 aromatic rings. The molecule has 2 rings (SSSR count). The predicted molar refractivity (Wildman–Crippen MR) is 83.8 cm³/mol. The van der Waals surface area contributed by atoms with Crippen LogP contribution >= 0.6 is 0 Å². The van der Waals surface area contributed by atoms with Crippen LogP contribution in [-0.4, -0.2) is 61.1 Å². The second kappa shape index (κ2) is 8.35. The topological polar surface area (TPSA) is 31.4 Å². The monoisotopic (exact) mass is 276 g/mol. The van der Waals surface area contributed by atoms with Crippen LogP contribution in [0.3, 0.4) is 0 Å². The fourth-order valence-corrected chi connectivity index (χ4v) is 2.73. The van der Waals surface area contributed by atoms with Gasteiger partial charge in [-0.25, -0.2) is 0 Å². The highest BCUT2D eigenvalue weighted by Crippen LogP contribution is 2.19. The van der Waals surface area contributed by atoms with Crippen LogP contribution in [0.2, 0.25) is 0 Å². The van der Waals surface area contributed by atoms with Gasteiger partial charge in [-0.2, -0.15) is 0 Å². The molecule has 0 spiro atoms. The van der Waals surface area contributed by atoms with Crippen molar-refractivity contribution in [3.8, 4) is 0 Å². The molecule has 20 heavy (non-hydrogen) atoms. The van der Waals surface area contributed by atoms with E-state index in [1.807, 2.05) is 12.3 Å². The Kier molecular flexibility index (Phi) is 6.43. The molecule has 1 fully saturated rings. The maximum absolute atomic E-state index is 4.59. The molecule has 0 aromatic carbocycles. The van der Waals surface area contributed by atoms with Gasteiger partial charge in [0.05, 0.1) is 11.7 Å². The zero-order valence-electron chi connectivity index (χ0n) is 12.9. The Morgan fingerprint density at radius 1 is 1.35 bits per heavy atom. The standard InChI is InChI=1S/C16H28N4/c1-3-4-11-19(2)16(15-7-5-6-8-18-15)14-20-12-9-17-10-13-20/h5-8,16-17H,3-4,9-14H2,1-2H3. The van der Waals surface area contributed by atoms with E-state index in [-0.39, 0.29) is 0 Å². The molecule has 1 aliphatic heterocycles. The summed E-state index contributed by atoms with van der Waals surface area (Å²) in [4.78, 5) is 9.61. The average Bonchev–Trinajstić information content (AvgIpc) is 2.52. The smallest absolute Gasteiger partial charge is 0.0646 e. The number of aromatic nitrogens is 1. The summed E-state index contributed by atoms with van der Waals surface area (Å²) in [6.07, 6.45) is 4.40. The van der Waals surface area contributed by atoms with Crippen molar-refractivity contribution < 1.29 is 0 Å². The van der Waals surface area contributed by atoms with Gasteiger partial charge in [0.15, 0.2) is 0 Å². The van der Waals surface area contributed by atoms with E-state index in [0.29, 0.717) is 6.04 Å². The Balaban J connectivity index is 2.02. The summed E-state index contributed by atoms with van der Waals surface area (Å²) in [5.41, 5.74) is 1.20. The third-order valence-corrected chi connectivity index (χ3v) is 4.07. The lowest BCUT2D eigenvalue weighted by molar-refractivity contribution is 0.147. The summed E-state index contributed by atoms with van der Waals surface area (Å²) in [6, 6.07) is 6.66. The summed E-state index contributed by atoms with van der Waals surface area (Å²) in [6.45, 7) is 8.97. The average molecular weight is 276 g/mol. The van der Waals surface area contributed by atoms with Crippen LogP contribution in [0, 0.1) is 0 Å². The molecule has 4 heteroatoms. The van der Waals surface area contributed by atoms with Crippen molar-refractivity contribution in [3.63, 3.8) is 0 Å². The van der Waals surface area contributed by atoms with Gasteiger partial charge in [-0.3, -0.25) is 14.8 Å². The van der Waals surface area contributed by atoms with Crippen molar-refractivity contribution in [2.45, 2.75) is 25.8 Å². The van der Waals surface area contributed by atoms with E-state index >= 15 is 0 Å². The minimum atomic E-state index is 0.404. The number of nitrogens with one attached hydrogen (secondary N) is 1. The quantitative estimate of drug-likeness (QED) is 0.822. The maximum Gasteiger partial charge on any atom is 0.0646 e. The summed E-state index contributed by atoms with van der Waals surface area (Å²) < 4.78 is 0. The van der Waals surface area contributed by atoms with Crippen LogP contribution in [0.5, 0.6) is 0 Å². The summed E-state index contributed by atoms with van der Waals surface area (Å²) in [7, 11) is 2.23. The van der Waals surface area contributed by atoms with E-state index in [1.165, 1.54) is 18.5 Å². The number of nitrogens with zero attached hydrogens (tertiary/aromatic N) is 3. The molecule has 1 aromatic heterocycles. The molecule has 112 valence electrons. The highest BCUT2D eigenvalue weighted by Gasteiger charge is 2.22. The lowest BCUT2D eigenvalue weighted by Gasteiger charge is -2.35. The Hall–Kier alpha value is -0.970. The van der Waals surface area contributed by atoms with Gasteiger partial charge in [-0.15, -0.1) is 0 Å². The van der Waals surface area contributed by atoms with Gasteiger partial charge < -0.3 is 5.32 Å². The molecular formula is C16H28N4. The molecule has 1 saturated heterocycles. The van der Waals surface area contributed by atoms with Gasteiger partial charge in [0.25, 0.3) is 0 Å². The van der Waals surface area contributed by atoms with E-state index in [2.05, 4.69) is 46.2 Å². The van der Waals surface area contributed by atoms with Crippen LogP contribution in [0.15, 0.2) is 24.4 Å². The summed E-state index contributed by atoms with van der Waals surface area (Å²) >= 11 is 0. The largest absolute Gasteiger partial charge is 0.314 e. The van der Waals surface area contributed by atoms with Crippen molar-refractivity contribution >= 4 is 0 Å². The van der Waals surface area contributed by atoms with Gasteiger partial charge in [0.1, 0.15) is 0 Å². The van der Waals surface area contributed by atoms with E-state index in [9.17, 15) is 0 Å². The first-order valence-corrected chi connectivity index (χ1v) is 7.85. The van der Waals surface area contributed by atoms with Gasteiger partial charge in [-0.1, -0.05) is 19.4 Å². The Morgan fingerprint density at radius 2 is 2.15 bits per heavy atom. The normalized spacial score (nSPS) is 18.4. The number of pyridine rings is 1. The number of unbranched alkanes of at least 4 members (excludes halogenated alkanes) is 1. The minimum absolute atomic E-state index is 0.404. The van der Waals surface area contributed by atoms with E-state index in [0.717, 1.165) is 39.3 Å². The van der Waals surface area contributed by atoms with Crippen molar-refractivity contribution in [1.82, 2.24) is 20.1 Å². The molecule has 0 aliphatic carbocycles. The predicted octanol–water partition coefficient (Wildman–Crippen LogP) is 1.76. The minimum Gasteiger partial charge on any atom is -0.314 e. The Morgan fingerprint density at radius 3 is 2.80 bits per heavy atom. The van der Waals surface area contributed by atoms with E-state index in [1.54, 1.807) is 0 Å². The second-order valence-electron chi connectivity index (χ2n) is 5.66. The first kappa shape index (κ1) is 15.4. The molecule has 1 N–H and O–H groups in total. The second-order valence-corrected chi connectivity index (χ2v) is 5.66. The van der Waals surface area contributed by atoms with E-state index < -0.39 is 0 Å². The van der Waals surface area contributed by atoms with Gasteiger partial charge >= 0.3 is 0 Å². The molecule has 0 saturated carbocycles. The molecule has 0 radical (unpaired) electrons. The molecule has 4 nitrogen and oxygen atoms in total. The van der Waals surface area contributed by atoms with Crippen LogP contribution in [-0.2, 0) is 0 Å². The number of piperazine rings is 1. The van der Waals surface area contributed by atoms with Gasteiger partial charge in [0.2, 0.25) is 0 Å². The van der Waals surface area contributed by atoms with E-state index in [4.69, 9.17) is 0 Å². The summed E-state index contributed by atoms with van der Waals surface area (Å²) in [5.74, 6) is 0. The number of hydrogen-bond donors (Lipinski definition) is 1. The van der Waals surface area contributed by atoms with Crippen LogP contribution in [0.1, 0.15) is 31.5 Å². The maximum atomic E-state index is 4.59. The highest BCUT2D eigenvalue weighted by atomic mass is 15.2. The van der Waals surface area contributed by atoms with Crippen molar-refractivity contribution in [2.24, 2.45) is 0 Å². The Bertz CT molecular complexity index is 362. The lowest BCUT2D eigenvalue weighted by atomic mass is 10.1. The number of likely N-dealkylation sites (N-methyl/N-ethyl adjacent to an activating group) is 1. The van der Waals surface area contributed by atoms with Crippen LogP contribution in [0.25, 0.3) is 0 Å². The molecular weight excluding hydrogens is 248 g/mol. The fraction of sp³-hybridized carbons (Fsp3) is 0.688. The first-order chi connectivity index (χ1) is 9.81.